The van der Waals surface area contributed by atoms with Gasteiger partial charge in [0.05, 0.1) is 16.1 Å². The lowest BCUT2D eigenvalue weighted by Crippen LogP contribution is -2.49. The Morgan fingerprint density at radius 2 is 1.75 bits per heavy atom. The second kappa shape index (κ2) is 10.6. The fourth-order valence-corrected chi connectivity index (χ4v) is 4.38. The van der Waals surface area contributed by atoms with Crippen molar-refractivity contribution < 1.29 is 9.59 Å². The lowest BCUT2D eigenvalue weighted by Gasteiger charge is -2.32. The first-order valence-corrected chi connectivity index (χ1v) is 11.6. The normalized spacial score (nSPS) is 19.8. The monoisotopic (exact) mass is 476 g/mol. The Bertz CT molecular complexity index is 944. The van der Waals surface area contributed by atoms with E-state index in [9.17, 15) is 9.59 Å². The van der Waals surface area contributed by atoms with Gasteiger partial charge in [0.15, 0.2) is 0 Å². The van der Waals surface area contributed by atoms with Crippen LogP contribution in [0.15, 0.2) is 42.7 Å². The number of rotatable bonds is 7. The molecule has 0 bridgehead atoms. The molecule has 1 saturated carbocycles. The molecule has 3 rings (SSSR count). The molecule has 0 radical (unpaired) electrons. The Hall–Kier alpha value is -2.15. The summed E-state index contributed by atoms with van der Waals surface area (Å²) in [6.45, 7) is 4.50. The zero-order valence-corrected chi connectivity index (χ0v) is 19.9. The van der Waals surface area contributed by atoms with Crippen LogP contribution in [0, 0.1) is 11.8 Å². The molecule has 0 aliphatic heterocycles. The standard InChI is InChI=1S/C24H30Cl2N4O2/c1-24(2,17-7-8-19(25)20(26)13-17)14-29-23(32)21(27)15-3-5-16(6-4-15)22(31)30-18-9-11-28-12-10-18/h7-13,15-16,21H,3-6,14,27H2,1-2H3,(H,29,32)(H,28,30,31). The summed E-state index contributed by atoms with van der Waals surface area (Å²) in [5.74, 6) is -0.157. The van der Waals surface area contributed by atoms with Gasteiger partial charge in [-0.05, 0) is 61.4 Å². The number of aromatic nitrogens is 1. The first-order valence-electron chi connectivity index (χ1n) is 10.9. The van der Waals surface area contributed by atoms with Crippen molar-refractivity contribution in [3.8, 4) is 0 Å². The van der Waals surface area contributed by atoms with E-state index >= 15 is 0 Å². The van der Waals surface area contributed by atoms with Crippen molar-refractivity contribution in [1.82, 2.24) is 10.3 Å². The van der Waals surface area contributed by atoms with Gasteiger partial charge in [0.1, 0.15) is 0 Å². The summed E-state index contributed by atoms with van der Waals surface area (Å²) >= 11 is 12.2. The highest BCUT2D eigenvalue weighted by Gasteiger charge is 2.33. The smallest absolute Gasteiger partial charge is 0.237 e. The van der Waals surface area contributed by atoms with Crippen LogP contribution in [0.2, 0.25) is 10.0 Å². The minimum absolute atomic E-state index is 0.0102. The van der Waals surface area contributed by atoms with Gasteiger partial charge in [0.2, 0.25) is 11.8 Å². The molecule has 2 aromatic rings. The molecule has 0 saturated heterocycles. The Balaban J connectivity index is 1.48. The Labute approximate surface area is 199 Å². The molecule has 1 heterocycles. The predicted octanol–water partition coefficient (Wildman–Crippen LogP) is 4.55. The molecular formula is C24H30Cl2N4O2. The van der Waals surface area contributed by atoms with Gasteiger partial charge in [-0.25, -0.2) is 0 Å². The molecule has 4 N–H and O–H groups in total. The van der Waals surface area contributed by atoms with Crippen LogP contribution < -0.4 is 16.4 Å². The molecule has 1 aliphatic carbocycles. The summed E-state index contributed by atoms with van der Waals surface area (Å²) in [6.07, 6.45) is 6.23. The molecule has 172 valence electrons. The number of hydrogen-bond donors (Lipinski definition) is 3. The maximum atomic E-state index is 12.7. The van der Waals surface area contributed by atoms with Crippen LogP contribution in [0.5, 0.6) is 0 Å². The van der Waals surface area contributed by atoms with Gasteiger partial charge in [0, 0.05) is 36.0 Å². The number of halogens is 2. The van der Waals surface area contributed by atoms with Crippen molar-refractivity contribution in [2.75, 3.05) is 11.9 Å². The van der Waals surface area contributed by atoms with Crippen molar-refractivity contribution in [2.45, 2.75) is 51.0 Å². The molecule has 2 amide bonds. The van der Waals surface area contributed by atoms with Gasteiger partial charge in [-0.2, -0.15) is 0 Å². The highest BCUT2D eigenvalue weighted by atomic mass is 35.5. The number of amides is 2. The van der Waals surface area contributed by atoms with Crippen LogP contribution in [0.4, 0.5) is 5.69 Å². The van der Waals surface area contributed by atoms with Gasteiger partial charge >= 0.3 is 0 Å². The molecule has 0 spiro atoms. The predicted molar refractivity (Wildman–Crippen MR) is 129 cm³/mol. The number of carbonyl (C=O) groups is 2. The van der Waals surface area contributed by atoms with E-state index in [1.54, 1.807) is 30.6 Å². The minimum atomic E-state index is -0.594. The molecule has 32 heavy (non-hydrogen) atoms. The van der Waals surface area contributed by atoms with Crippen LogP contribution in [0.25, 0.3) is 0 Å². The van der Waals surface area contributed by atoms with Crippen LogP contribution >= 0.6 is 23.2 Å². The zero-order chi connectivity index (χ0) is 23.3. The van der Waals surface area contributed by atoms with Gasteiger partial charge in [0.25, 0.3) is 0 Å². The van der Waals surface area contributed by atoms with Crippen LogP contribution in [-0.2, 0) is 15.0 Å². The average Bonchev–Trinajstić information content (AvgIpc) is 2.79. The highest BCUT2D eigenvalue weighted by Crippen LogP contribution is 2.32. The quantitative estimate of drug-likeness (QED) is 0.545. The fraction of sp³-hybridized carbons (Fsp3) is 0.458. The third kappa shape index (κ3) is 6.21. The van der Waals surface area contributed by atoms with E-state index in [0.717, 1.165) is 36.9 Å². The average molecular weight is 477 g/mol. The largest absolute Gasteiger partial charge is 0.354 e. The summed E-state index contributed by atoms with van der Waals surface area (Å²) in [7, 11) is 0. The molecule has 1 aromatic heterocycles. The number of nitrogens with zero attached hydrogens (tertiary/aromatic N) is 1. The van der Waals surface area contributed by atoms with Crippen LogP contribution in [-0.4, -0.2) is 29.4 Å². The number of anilines is 1. The number of nitrogens with one attached hydrogen (secondary N) is 2. The van der Waals surface area contributed by atoms with E-state index in [4.69, 9.17) is 28.9 Å². The number of carbonyl (C=O) groups excluding carboxylic acids is 2. The van der Waals surface area contributed by atoms with E-state index < -0.39 is 6.04 Å². The molecule has 1 aromatic carbocycles. The molecular weight excluding hydrogens is 447 g/mol. The Morgan fingerprint density at radius 1 is 1.09 bits per heavy atom. The summed E-state index contributed by atoms with van der Waals surface area (Å²) in [6, 6.07) is 8.45. The maximum Gasteiger partial charge on any atom is 0.237 e. The third-order valence-corrected chi connectivity index (χ3v) is 7.05. The van der Waals surface area contributed by atoms with Crippen LogP contribution in [0.1, 0.15) is 45.1 Å². The second-order valence-corrected chi connectivity index (χ2v) is 9.91. The van der Waals surface area contributed by atoms with Gasteiger partial charge < -0.3 is 16.4 Å². The van der Waals surface area contributed by atoms with E-state index in [1.807, 2.05) is 26.0 Å². The Morgan fingerprint density at radius 3 is 2.38 bits per heavy atom. The molecule has 1 atom stereocenters. The molecule has 6 nitrogen and oxygen atoms in total. The van der Waals surface area contributed by atoms with Gasteiger partial charge in [-0.3, -0.25) is 14.6 Å². The van der Waals surface area contributed by atoms with E-state index in [1.165, 1.54) is 0 Å². The van der Waals surface area contributed by atoms with E-state index in [-0.39, 0.29) is 29.1 Å². The van der Waals surface area contributed by atoms with Crippen LogP contribution in [0.3, 0.4) is 0 Å². The molecule has 1 unspecified atom stereocenters. The summed E-state index contributed by atoms with van der Waals surface area (Å²) in [5, 5.41) is 6.92. The molecule has 8 heteroatoms. The maximum absolute atomic E-state index is 12.7. The highest BCUT2D eigenvalue weighted by molar-refractivity contribution is 6.42. The first-order chi connectivity index (χ1) is 15.2. The van der Waals surface area contributed by atoms with Gasteiger partial charge in [-0.15, -0.1) is 0 Å². The van der Waals surface area contributed by atoms with Gasteiger partial charge in [-0.1, -0.05) is 43.1 Å². The van der Waals surface area contributed by atoms with Crippen molar-refractivity contribution in [1.29, 1.82) is 0 Å². The van der Waals surface area contributed by atoms with Crippen molar-refractivity contribution in [2.24, 2.45) is 17.6 Å². The van der Waals surface area contributed by atoms with Crippen molar-refractivity contribution in [3.63, 3.8) is 0 Å². The first kappa shape index (κ1) is 24.5. The summed E-state index contributed by atoms with van der Waals surface area (Å²) < 4.78 is 0. The topological polar surface area (TPSA) is 97.1 Å². The van der Waals surface area contributed by atoms with E-state index in [2.05, 4.69) is 15.6 Å². The SMILES string of the molecule is CC(C)(CNC(=O)C(N)C1CCC(C(=O)Nc2ccncc2)CC1)c1ccc(Cl)c(Cl)c1. The number of hydrogen-bond acceptors (Lipinski definition) is 4. The van der Waals surface area contributed by atoms with Crippen molar-refractivity contribution >= 4 is 40.7 Å². The lowest BCUT2D eigenvalue weighted by atomic mass is 9.78. The number of benzene rings is 1. The van der Waals surface area contributed by atoms with E-state index in [0.29, 0.717) is 16.6 Å². The number of nitrogens with two attached hydrogens (primary N) is 1. The molecule has 1 fully saturated rings. The fourth-order valence-electron chi connectivity index (χ4n) is 4.08. The number of pyridine rings is 1. The Kier molecular flexibility index (Phi) is 8.15. The molecule has 1 aliphatic rings. The lowest BCUT2D eigenvalue weighted by molar-refractivity contribution is -0.124. The zero-order valence-electron chi connectivity index (χ0n) is 18.4. The third-order valence-electron chi connectivity index (χ3n) is 6.31. The second-order valence-electron chi connectivity index (χ2n) is 9.09. The minimum Gasteiger partial charge on any atom is -0.354 e. The summed E-state index contributed by atoms with van der Waals surface area (Å²) in [5.41, 5.74) is 7.69. The van der Waals surface area contributed by atoms with Crippen molar-refractivity contribution in [3.05, 3.63) is 58.3 Å². The summed E-state index contributed by atoms with van der Waals surface area (Å²) in [4.78, 5) is 29.2.